The number of benzene rings is 1. The maximum Gasteiger partial charge on any atom is 0.203 e. The van der Waals surface area contributed by atoms with E-state index in [0.717, 1.165) is 11.3 Å². The second kappa shape index (κ2) is 7.40. The summed E-state index contributed by atoms with van der Waals surface area (Å²) in [6.07, 6.45) is 4.68. The van der Waals surface area contributed by atoms with Crippen LogP contribution in [0.4, 0.5) is 0 Å². The minimum absolute atomic E-state index is 0.133. The second-order valence-corrected chi connectivity index (χ2v) is 5.95. The number of hydrogen-bond donors (Lipinski definition) is 0. The molecule has 0 N–H and O–H groups in total. The molecule has 0 aliphatic rings. The van der Waals surface area contributed by atoms with Gasteiger partial charge in [-0.3, -0.25) is 9.48 Å². The highest BCUT2D eigenvalue weighted by Gasteiger charge is 2.07. The first-order valence-electron chi connectivity index (χ1n) is 7.71. The van der Waals surface area contributed by atoms with E-state index in [1.165, 1.54) is 10.8 Å². The molecule has 0 amide bonds. The maximum atomic E-state index is 12.1. The van der Waals surface area contributed by atoms with Crippen molar-refractivity contribution in [3.05, 3.63) is 76.5 Å². The molecule has 1 aromatic carbocycles. The van der Waals surface area contributed by atoms with E-state index in [1.54, 1.807) is 37.5 Å². The molecule has 5 nitrogen and oxygen atoms in total. The summed E-state index contributed by atoms with van der Waals surface area (Å²) in [7, 11) is 1.72. The van der Waals surface area contributed by atoms with Gasteiger partial charge in [0.15, 0.2) is 0 Å². The van der Waals surface area contributed by atoms with Crippen LogP contribution >= 0.6 is 11.6 Å². The first-order valence-corrected chi connectivity index (χ1v) is 8.09. The molecule has 0 saturated carbocycles. The molecule has 0 unspecified atom stereocenters. The van der Waals surface area contributed by atoms with Crippen molar-refractivity contribution in [1.29, 1.82) is 0 Å². The number of hydrogen-bond acceptors (Lipinski definition) is 4. The van der Waals surface area contributed by atoms with Crippen LogP contribution in [0.25, 0.3) is 6.08 Å². The van der Waals surface area contributed by atoms with Gasteiger partial charge in [0.05, 0.1) is 0 Å². The molecule has 0 radical (unpaired) electrons. The maximum absolute atomic E-state index is 12.1. The summed E-state index contributed by atoms with van der Waals surface area (Å²) >= 11 is 5.99. The predicted molar refractivity (Wildman–Crippen MR) is 95.8 cm³/mol. The van der Waals surface area contributed by atoms with Crippen molar-refractivity contribution in [1.82, 2.24) is 9.78 Å². The fourth-order valence-electron chi connectivity index (χ4n) is 2.28. The Morgan fingerprint density at radius 1 is 1.32 bits per heavy atom. The van der Waals surface area contributed by atoms with Gasteiger partial charge in [-0.1, -0.05) is 11.6 Å². The molecule has 128 valence electrons. The Hall–Kier alpha value is -2.79. The van der Waals surface area contributed by atoms with Crippen LogP contribution < -0.4 is 4.74 Å². The molecule has 0 atom stereocenters. The molecule has 25 heavy (non-hydrogen) atoms. The van der Waals surface area contributed by atoms with Gasteiger partial charge in [0.25, 0.3) is 0 Å². The van der Waals surface area contributed by atoms with E-state index in [2.05, 4.69) is 5.10 Å². The van der Waals surface area contributed by atoms with E-state index in [9.17, 15) is 4.79 Å². The zero-order valence-electron chi connectivity index (χ0n) is 13.9. The first kappa shape index (κ1) is 17.0. The molecule has 3 aromatic rings. The summed E-state index contributed by atoms with van der Waals surface area (Å²) in [6, 6.07) is 10.8. The number of nitrogens with zero attached hydrogens (tertiary/aromatic N) is 2. The lowest BCUT2D eigenvalue weighted by atomic mass is 10.2. The Labute approximate surface area is 150 Å². The Balaban J connectivity index is 1.60. The van der Waals surface area contributed by atoms with Gasteiger partial charge in [0.2, 0.25) is 5.78 Å². The highest BCUT2D eigenvalue weighted by Crippen LogP contribution is 2.22. The average molecular weight is 357 g/mol. The van der Waals surface area contributed by atoms with Gasteiger partial charge in [0.1, 0.15) is 29.6 Å². The van der Waals surface area contributed by atoms with E-state index in [-0.39, 0.29) is 5.78 Å². The van der Waals surface area contributed by atoms with Crippen molar-refractivity contribution in [2.24, 2.45) is 7.05 Å². The number of aromatic nitrogens is 2. The Morgan fingerprint density at radius 2 is 2.16 bits per heavy atom. The fraction of sp³-hybridized carbons (Fsp3) is 0.158. The number of ether oxygens (including phenoxy) is 1. The largest absolute Gasteiger partial charge is 0.486 e. The zero-order chi connectivity index (χ0) is 17.8. The molecule has 0 bridgehead atoms. The Kier molecular flexibility index (Phi) is 5.05. The molecule has 0 fully saturated rings. The third-order valence-corrected chi connectivity index (χ3v) is 4.09. The van der Waals surface area contributed by atoms with Crippen LogP contribution in [0.2, 0.25) is 5.02 Å². The summed E-state index contributed by atoms with van der Waals surface area (Å²) in [5.41, 5.74) is 1.47. The molecular formula is C19H17ClN2O3. The molecule has 2 heterocycles. The van der Waals surface area contributed by atoms with Gasteiger partial charge in [-0.05, 0) is 61.0 Å². The Bertz CT molecular complexity index is 924. The van der Waals surface area contributed by atoms with E-state index in [4.69, 9.17) is 20.8 Å². The number of ketones is 1. The molecule has 0 aliphatic carbocycles. The van der Waals surface area contributed by atoms with E-state index >= 15 is 0 Å². The van der Waals surface area contributed by atoms with Crippen molar-refractivity contribution in [3.8, 4) is 5.75 Å². The van der Waals surface area contributed by atoms with Crippen molar-refractivity contribution >= 4 is 23.5 Å². The molecular weight excluding hydrogens is 340 g/mol. The molecule has 0 aliphatic heterocycles. The van der Waals surface area contributed by atoms with Crippen LogP contribution in [0.5, 0.6) is 5.75 Å². The van der Waals surface area contributed by atoms with Gasteiger partial charge in [-0.2, -0.15) is 5.10 Å². The number of aryl methyl sites for hydroxylation is 2. The summed E-state index contributed by atoms with van der Waals surface area (Å²) in [5.74, 6) is 1.84. The van der Waals surface area contributed by atoms with Crippen molar-refractivity contribution in [2.45, 2.75) is 13.5 Å². The van der Waals surface area contributed by atoms with Crippen molar-refractivity contribution in [2.75, 3.05) is 0 Å². The van der Waals surface area contributed by atoms with Gasteiger partial charge in [0, 0.05) is 18.3 Å². The van der Waals surface area contributed by atoms with Crippen LogP contribution in [-0.4, -0.2) is 15.6 Å². The quantitative estimate of drug-likeness (QED) is 0.483. The molecule has 0 saturated heterocycles. The monoisotopic (exact) mass is 356 g/mol. The highest BCUT2D eigenvalue weighted by atomic mass is 35.5. The minimum atomic E-state index is -0.133. The van der Waals surface area contributed by atoms with Crippen molar-refractivity contribution < 1.29 is 13.9 Å². The van der Waals surface area contributed by atoms with Crippen LogP contribution in [0, 0.1) is 6.92 Å². The third-order valence-electron chi connectivity index (χ3n) is 3.67. The van der Waals surface area contributed by atoms with Crippen LogP contribution in [0.1, 0.15) is 27.6 Å². The standard InChI is InChI=1S/C19H17ClN2O3/c1-13-11-15(5-7-17(13)20)24-12-16-4-3-14(25-16)6-8-19(23)18-9-10-21-22(18)2/h3-11H,12H2,1-2H3/b8-6+. The lowest BCUT2D eigenvalue weighted by Crippen LogP contribution is -2.03. The van der Waals surface area contributed by atoms with Crippen LogP contribution in [0.15, 0.2) is 53.1 Å². The summed E-state index contributed by atoms with van der Waals surface area (Å²) in [5, 5.41) is 4.68. The lowest BCUT2D eigenvalue weighted by molar-refractivity contribution is 0.103. The normalized spacial score (nSPS) is 11.2. The molecule has 0 spiro atoms. The summed E-state index contributed by atoms with van der Waals surface area (Å²) in [4.78, 5) is 12.1. The van der Waals surface area contributed by atoms with E-state index in [0.29, 0.717) is 28.8 Å². The van der Waals surface area contributed by atoms with Gasteiger partial charge in [-0.25, -0.2) is 0 Å². The van der Waals surface area contributed by atoms with E-state index in [1.807, 2.05) is 25.1 Å². The number of halogens is 1. The third kappa shape index (κ3) is 4.19. The number of rotatable bonds is 6. The van der Waals surface area contributed by atoms with E-state index < -0.39 is 0 Å². The SMILES string of the molecule is Cc1cc(OCc2ccc(/C=C/C(=O)c3ccnn3C)o2)ccc1Cl. The van der Waals surface area contributed by atoms with Gasteiger partial charge < -0.3 is 9.15 Å². The number of carbonyl (C=O) groups excluding carboxylic acids is 1. The minimum Gasteiger partial charge on any atom is -0.486 e. The zero-order valence-corrected chi connectivity index (χ0v) is 14.7. The van der Waals surface area contributed by atoms with Crippen molar-refractivity contribution in [3.63, 3.8) is 0 Å². The topological polar surface area (TPSA) is 57.3 Å². The Morgan fingerprint density at radius 3 is 2.88 bits per heavy atom. The predicted octanol–water partition coefficient (Wildman–Crippen LogP) is 4.45. The van der Waals surface area contributed by atoms with Crippen LogP contribution in [-0.2, 0) is 13.7 Å². The van der Waals surface area contributed by atoms with Gasteiger partial charge in [-0.15, -0.1) is 0 Å². The van der Waals surface area contributed by atoms with Crippen LogP contribution in [0.3, 0.4) is 0 Å². The molecule has 2 aromatic heterocycles. The highest BCUT2D eigenvalue weighted by molar-refractivity contribution is 6.31. The lowest BCUT2D eigenvalue weighted by Gasteiger charge is -2.05. The number of allylic oxidation sites excluding steroid dienone is 1. The smallest absolute Gasteiger partial charge is 0.203 e. The summed E-state index contributed by atoms with van der Waals surface area (Å²) in [6.45, 7) is 2.22. The molecule has 3 rings (SSSR count). The fourth-order valence-corrected chi connectivity index (χ4v) is 2.40. The number of furan rings is 1. The molecule has 6 heteroatoms. The summed E-state index contributed by atoms with van der Waals surface area (Å²) < 4.78 is 12.9. The number of carbonyl (C=O) groups is 1. The second-order valence-electron chi connectivity index (χ2n) is 5.54. The first-order chi connectivity index (χ1) is 12.0. The van der Waals surface area contributed by atoms with Gasteiger partial charge >= 0.3 is 0 Å². The average Bonchev–Trinajstić information content (AvgIpc) is 3.22.